The Labute approximate surface area is 130 Å². The second-order valence-corrected chi connectivity index (χ2v) is 4.91. The summed E-state index contributed by atoms with van der Waals surface area (Å²) in [5, 5.41) is 4.80. The lowest BCUT2D eigenvalue weighted by atomic mass is 10.1. The lowest BCUT2D eigenvalue weighted by Crippen LogP contribution is -2.31. The maximum Gasteiger partial charge on any atom is 0.238 e. The van der Waals surface area contributed by atoms with E-state index in [0.717, 1.165) is 24.3 Å². The molecule has 2 aromatic carbocycles. The Morgan fingerprint density at radius 3 is 2.30 bits per heavy atom. The quantitative estimate of drug-likeness (QED) is 0.825. The number of amides is 1. The highest BCUT2D eigenvalue weighted by Gasteiger charge is 2.15. The third kappa shape index (κ3) is 4.29. The number of nitrogens with one attached hydrogen (secondary N) is 2. The van der Waals surface area contributed by atoms with Gasteiger partial charge >= 0.3 is 0 Å². The lowest BCUT2D eigenvalue weighted by molar-refractivity contribution is -0.115. The Morgan fingerprint density at radius 2 is 1.70 bits per heavy atom. The van der Waals surface area contributed by atoms with Gasteiger partial charge in [-0.25, -0.2) is 17.6 Å². The molecule has 0 aliphatic rings. The second-order valence-electron chi connectivity index (χ2n) is 4.91. The molecular formula is C16H14F4N2O. The Bertz CT molecular complexity index is 701. The molecule has 0 bridgehead atoms. The summed E-state index contributed by atoms with van der Waals surface area (Å²) in [7, 11) is 0. The Morgan fingerprint density at radius 1 is 1.04 bits per heavy atom. The van der Waals surface area contributed by atoms with Crippen LogP contribution in [0.2, 0.25) is 0 Å². The van der Waals surface area contributed by atoms with E-state index in [9.17, 15) is 22.4 Å². The van der Waals surface area contributed by atoms with Gasteiger partial charge in [-0.3, -0.25) is 4.79 Å². The Kier molecular flexibility index (Phi) is 5.33. The highest BCUT2D eigenvalue weighted by atomic mass is 19.1. The van der Waals surface area contributed by atoms with E-state index in [1.165, 1.54) is 12.1 Å². The van der Waals surface area contributed by atoms with Crippen molar-refractivity contribution in [3.05, 3.63) is 65.2 Å². The van der Waals surface area contributed by atoms with Crippen LogP contribution in [0.15, 0.2) is 36.4 Å². The maximum absolute atomic E-state index is 13.6. The number of halogens is 4. The van der Waals surface area contributed by atoms with Crippen molar-refractivity contribution in [1.29, 1.82) is 0 Å². The molecule has 0 spiro atoms. The highest BCUT2D eigenvalue weighted by molar-refractivity contribution is 5.92. The first-order valence-electron chi connectivity index (χ1n) is 6.80. The van der Waals surface area contributed by atoms with Gasteiger partial charge in [0.2, 0.25) is 5.91 Å². The molecule has 7 heteroatoms. The number of benzene rings is 2. The average molecular weight is 326 g/mol. The first-order chi connectivity index (χ1) is 10.9. The molecule has 0 aliphatic carbocycles. The van der Waals surface area contributed by atoms with Crippen molar-refractivity contribution in [3.8, 4) is 0 Å². The van der Waals surface area contributed by atoms with Crippen LogP contribution < -0.4 is 10.6 Å². The summed E-state index contributed by atoms with van der Waals surface area (Å²) in [6, 6.07) is 5.72. The van der Waals surface area contributed by atoms with E-state index < -0.39 is 40.9 Å². The molecule has 0 unspecified atom stereocenters. The van der Waals surface area contributed by atoms with Gasteiger partial charge < -0.3 is 10.6 Å². The molecule has 2 N–H and O–H groups in total. The van der Waals surface area contributed by atoms with Crippen LogP contribution >= 0.6 is 0 Å². The third-order valence-corrected chi connectivity index (χ3v) is 3.22. The molecule has 2 rings (SSSR count). The molecule has 2 aromatic rings. The van der Waals surface area contributed by atoms with E-state index in [4.69, 9.17) is 0 Å². The molecule has 122 valence electrons. The van der Waals surface area contributed by atoms with Gasteiger partial charge in [-0.15, -0.1) is 0 Å². The van der Waals surface area contributed by atoms with Crippen LogP contribution in [0.5, 0.6) is 0 Å². The fourth-order valence-corrected chi connectivity index (χ4v) is 2.01. The van der Waals surface area contributed by atoms with Crippen LogP contribution in [0.4, 0.5) is 23.2 Å². The summed E-state index contributed by atoms with van der Waals surface area (Å²) < 4.78 is 53.3. The van der Waals surface area contributed by atoms with Crippen LogP contribution in [0.3, 0.4) is 0 Å². The van der Waals surface area contributed by atoms with Gasteiger partial charge in [0.15, 0.2) is 0 Å². The maximum atomic E-state index is 13.6. The number of hydrogen-bond acceptors (Lipinski definition) is 2. The SMILES string of the molecule is C[C@H](NCC(=O)Nc1c(F)cccc1F)c1ccc(F)cc1F. The van der Waals surface area contributed by atoms with Crippen molar-refractivity contribution in [1.82, 2.24) is 5.32 Å². The van der Waals surface area contributed by atoms with Gasteiger partial charge in [-0.05, 0) is 25.1 Å². The first kappa shape index (κ1) is 17.0. The molecule has 0 heterocycles. The third-order valence-electron chi connectivity index (χ3n) is 3.22. The average Bonchev–Trinajstić information content (AvgIpc) is 2.49. The summed E-state index contributed by atoms with van der Waals surface area (Å²) in [6.45, 7) is 1.28. The summed E-state index contributed by atoms with van der Waals surface area (Å²) in [5.74, 6) is -3.92. The molecule has 0 saturated carbocycles. The number of anilines is 1. The molecular weight excluding hydrogens is 312 g/mol. The van der Waals surface area contributed by atoms with E-state index >= 15 is 0 Å². The minimum Gasteiger partial charge on any atom is -0.320 e. The van der Waals surface area contributed by atoms with E-state index in [2.05, 4.69) is 10.6 Å². The Balaban J connectivity index is 1.96. The van der Waals surface area contributed by atoms with Crippen LogP contribution in [0.25, 0.3) is 0 Å². The van der Waals surface area contributed by atoms with Gasteiger partial charge in [-0.2, -0.15) is 0 Å². The lowest BCUT2D eigenvalue weighted by Gasteiger charge is -2.15. The first-order valence-corrected chi connectivity index (χ1v) is 6.80. The van der Waals surface area contributed by atoms with E-state index in [-0.39, 0.29) is 12.1 Å². The van der Waals surface area contributed by atoms with Gasteiger partial charge in [0.25, 0.3) is 0 Å². The molecule has 0 fully saturated rings. The summed E-state index contributed by atoms with van der Waals surface area (Å²) >= 11 is 0. The Hall–Kier alpha value is -2.41. The zero-order valence-corrected chi connectivity index (χ0v) is 12.2. The number of para-hydroxylation sites is 1. The van der Waals surface area contributed by atoms with Crippen LogP contribution in [0, 0.1) is 23.3 Å². The minimum absolute atomic E-state index is 0.177. The molecule has 0 radical (unpaired) electrons. The fourth-order valence-electron chi connectivity index (χ4n) is 2.01. The van der Waals surface area contributed by atoms with Crippen molar-refractivity contribution in [3.63, 3.8) is 0 Å². The molecule has 0 aliphatic heterocycles. The van der Waals surface area contributed by atoms with Gasteiger partial charge in [0, 0.05) is 17.7 Å². The van der Waals surface area contributed by atoms with Gasteiger partial charge in [0.05, 0.1) is 6.54 Å². The number of carbonyl (C=O) groups is 1. The largest absolute Gasteiger partial charge is 0.320 e. The number of carbonyl (C=O) groups excluding carboxylic acids is 1. The van der Waals surface area contributed by atoms with Crippen molar-refractivity contribution in [2.75, 3.05) is 11.9 Å². The minimum atomic E-state index is -0.893. The molecule has 1 amide bonds. The topological polar surface area (TPSA) is 41.1 Å². The summed E-state index contributed by atoms with van der Waals surface area (Å²) in [5.41, 5.74) is -0.365. The highest BCUT2D eigenvalue weighted by Crippen LogP contribution is 2.19. The number of rotatable bonds is 5. The normalized spacial score (nSPS) is 12.0. The molecule has 23 heavy (non-hydrogen) atoms. The predicted octanol–water partition coefficient (Wildman–Crippen LogP) is 3.53. The zero-order chi connectivity index (χ0) is 17.0. The zero-order valence-electron chi connectivity index (χ0n) is 12.2. The van der Waals surface area contributed by atoms with Crippen molar-refractivity contribution in [2.45, 2.75) is 13.0 Å². The smallest absolute Gasteiger partial charge is 0.238 e. The standard InChI is InChI=1S/C16H14F4N2O/c1-9(11-6-5-10(17)7-14(11)20)21-8-15(23)22-16-12(18)3-2-4-13(16)19/h2-7,9,21H,8H2,1H3,(H,22,23)/t9-/m0/s1. The summed E-state index contributed by atoms with van der Waals surface area (Å²) in [4.78, 5) is 11.7. The second kappa shape index (κ2) is 7.23. The summed E-state index contributed by atoms with van der Waals surface area (Å²) in [6.07, 6.45) is 0. The molecule has 0 saturated heterocycles. The molecule has 0 aromatic heterocycles. The van der Waals surface area contributed by atoms with Gasteiger partial charge in [-0.1, -0.05) is 12.1 Å². The van der Waals surface area contributed by atoms with Crippen molar-refractivity contribution >= 4 is 11.6 Å². The van der Waals surface area contributed by atoms with E-state index in [1.807, 2.05) is 0 Å². The van der Waals surface area contributed by atoms with E-state index in [1.54, 1.807) is 6.92 Å². The molecule has 1 atom stereocenters. The fraction of sp³-hybridized carbons (Fsp3) is 0.188. The van der Waals surface area contributed by atoms with Crippen LogP contribution in [-0.2, 0) is 4.79 Å². The van der Waals surface area contributed by atoms with Crippen molar-refractivity contribution in [2.24, 2.45) is 0 Å². The van der Waals surface area contributed by atoms with Crippen LogP contribution in [-0.4, -0.2) is 12.5 Å². The molecule has 3 nitrogen and oxygen atoms in total. The predicted molar refractivity (Wildman–Crippen MR) is 77.8 cm³/mol. The van der Waals surface area contributed by atoms with Crippen LogP contribution in [0.1, 0.15) is 18.5 Å². The number of hydrogen-bond donors (Lipinski definition) is 2. The van der Waals surface area contributed by atoms with Crippen molar-refractivity contribution < 1.29 is 22.4 Å². The monoisotopic (exact) mass is 326 g/mol. The van der Waals surface area contributed by atoms with Gasteiger partial charge in [0.1, 0.15) is 29.0 Å². The van der Waals surface area contributed by atoms with E-state index in [0.29, 0.717) is 0 Å².